The van der Waals surface area contributed by atoms with Gasteiger partial charge in [-0.25, -0.2) is 0 Å². The zero-order valence-corrected chi connectivity index (χ0v) is 12.1. The van der Waals surface area contributed by atoms with Gasteiger partial charge in [0.05, 0.1) is 0 Å². The third-order valence-corrected chi connectivity index (χ3v) is 3.42. The molecule has 2 aromatic carbocycles. The maximum absolute atomic E-state index is 12.6. The molecule has 0 unspecified atom stereocenters. The minimum absolute atomic E-state index is 0.0999. The molecule has 0 bridgehead atoms. The Morgan fingerprint density at radius 2 is 1.80 bits per heavy atom. The molecule has 0 fully saturated rings. The summed E-state index contributed by atoms with van der Waals surface area (Å²) in [7, 11) is 0. The summed E-state index contributed by atoms with van der Waals surface area (Å²) >= 11 is 0. The first-order valence-corrected chi connectivity index (χ1v) is 6.71. The molecule has 0 aromatic heterocycles. The number of hydrogen-bond acceptors (Lipinski definition) is 2. The molecule has 0 saturated carbocycles. The molecule has 0 aliphatic rings. The van der Waals surface area contributed by atoms with Crippen molar-refractivity contribution in [2.75, 3.05) is 11.4 Å². The van der Waals surface area contributed by atoms with E-state index >= 15 is 0 Å². The van der Waals surface area contributed by atoms with Gasteiger partial charge in [-0.3, -0.25) is 4.79 Å². The molecule has 0 radical (unpaired) electrons. The van der Waals surface area contributed by atoms with Crippen LogP contribution in [-0.2, 0) is 0 Å². The predicted molar refractivity (Wildman–Crippen MR) is 81.4 cm³/mol. The van der Waals surface area contributed by atoms with E-state index in [1.165, 1.54) is 6.07 Å². The molecular weight excluding hydrogens is 250 g/mol. The Hall–Kier alpha value is -2.29. The SMILES string of the molecule is CCN(C(=O)c1ccc(C)c(O)c1)c1ccccc1C. The van der Waals surface area contributed by atoms with Gasteiger partial charge in [0.1, 0.15) is 5.75 Å². The molecule has 3 heteroatoms. The van der Waals surface area contributed by atoms with Crippen LogP contribution >= 0.6 is 0 Å². The van der Waals surface area contributed by atoms with Crippen LogP contribution in [-0.4, -0.2) is 17.6 Å². The molecule has 104 valence electrons. The average Bonchev–Trinajstić information content (AvgIpc) is 2.44. The summed E-state index contributed by atoms with van der Waals surface area (Å²) in [4.78, 5) is 14.3. The molecule has 0 aliphatic heterocycles. The van der Waals surface area contributed by atoms with E-state index in [2.05, 4.69) is 0 Å². The number of hydrogen-bond donors (Lipinski definition) is 1. The summed E-state index contributed by atoms with van der Waals surface area (Å²) in [6.07, 6.45) is 0. The molecular formula is C17H19NO2. The zero-order chi connectivity index (χ0) is 14.7. The topological polar surface area (TPSA) is 40.5 Å². The Kier molecular flexibility index (Phi) is 4.08. The Morgan fingerprint density at radius 3 is 2.40 bits per heavy atom. The number of aryl methyl sites for hydroxylation is 2. The van der Waals surface area contributed by atoms with Gasteiger partial charge in [-0.1, -0.05) is 24.3 Å². The van der Waals surface area contributed by atoms with Crippen LogP contribution in [0.4, 0.5) is 5.69 Å². The van der Waals surface area contributed by atoms with Crippen LogP contribution in [0.15, 0.2) is 42.5 Å². The lowest BCUT2D eigenvalue weighted by atomic mass is 10.1. The van der Waals surface area contributed by atoms with Gasteiger partial charge in [-0.05, 0) is 50.1 Å². The molecule has 2 aromatic rings. The lowest BCUT2D eigenvalue weighted by molar-refractivity contribution is 0.0988. The van der Waals surface area contributed by atoms with Gasteiger partial charge in [-0.2, -0.15) is 0 Å². The van der Waals surface area contributed by atoms with E-state index in [-0.39, 0.29) is 11.7 Å². The number of carbonyl (C=O) groups excluding carboxylic acids is 1. The summed E-state index contributed by atoms with van der Waals surface area (Å²) < 4.78 is 0. The van der Waals surface area contributed by atoms with E-state index in [0.29, 0.717) is 12.1 Å². The van der Waals surface area contributed by atoms with Gasteiger partial charge in [0.2, 0.25) is 0 Å². The highest BCUT2D eigenvalue weighted by Crippen LogP contribution is 2.23. The predicted octanol–water partition coefficient (Wildman–Crippen LogP) is 3.68. The van der Waals surface area contributed by atoms with Crippen molar-refractivity contribution in [3.63, 3.8) is 0 Å². The molecule has 0 spiro atoms. The summed E-state index contributed by atoms with van der Waals surface area (Å²) in [5, 5.41) is 9.76. The molecule has 3 nitrogen and oxygen atoms in total. The molecule has 0 atom stereocenters. The second-order valence-corrected chi connectivity index (χ2v) is 4.84. The quantitative estimate of drug-likeness (QED) is 0.923. The summed E-state index contributed by atoms with van der Waals surface area (Å²) in [6, 6.07) is 12.8. The van der Waals surface area contributed by atoms with Gasteiger partial charge in [0, 0.05) is 17.8 Å². The number of carbonyl (C=O) groups is 1. The highest BCUT2D eigenvalue weighted by molar-refractivity contribution is 6.06. The summed E-state index contributed by atoms with van der Waals surface area (Å²) in [6.45, 7) is 6.32. The monoisotopic (exact) mass is 269 g/mol. The molecule has 20 heavy (non-hydrogen) atoms. The van der Waals surface area contributed by atoms with Crippen LogP contribution in [0.5, 0.6) is 5.75 Å². The minimum atomic E-state index is -0.0999. The van der Waals surface area contributed by atoms with Crippen molar-refractivity contribution in [2.24, 2.45) is 0 Å². The van der Waals surface area contributed by atoms with Crippen LogP contribution in [0.2, 0.25) is 0 Å². The number of amides is 1. The standard InChI is InChI=1S/C17H19NO2/c1-4-18(15-8-6-5-7-12(15)2)17(20)14-10-9-13(3)16(19)11-14/h5-11,19H,4H2,1-3H3. The number of phenols is 1. The van der Waals surface area contributed by atoms with Crippen LogP contribution < -0.4 is 4.90 Å². The third kappa shape index (κ3) is 2.67. The highest BCUT2D eigenvalue weighted by Gasteiger charge is 2.18. The number of phenolic OH excluding ortho intramolecular Hbond substituents is 1. The second-order valence-electron chi connectivity index (χ2n) is 4.84. The Labute approximate surface area is 119 Å². The maximum Gasteiger partial charge on any atom is 0.258 e. The van der Waals surface area contributed by atoms with Gasteiger partial charge < -0.3 is 10.0 Å². The summed E-state index contributed by atoms with van der Waals surface area (Å²) in [5.41, 5.74) is 3.22. The Bertz CT molecular complexity index is 635. The van der Waals surface area contributed by atoms with Crippen molar-refractivity contribution in [2.45, 2.75) is 20.8 Å². The van der Waals surface area contributed by atoms with Crippen molar-refractivity contribution in [1.82, 2.24) is 0 Å². The fourth-order valence-electron chi connectivity index (χ4n) is 2.19. The first-order chi connectivity index (χ1) is 9.54. The zero-order valence-electron chi connectivity index (χ0n) is 12.1. The van der Waals surface area contributed by atoms with Crippen molar-refractivity contribution in [3.8, 4) is 5.75 Å². The van der Waals surface area contributed by atoms with Crippen molar-refractivity contribution in [3.05, 3.63) is 59.2 Å². The number of rotatable bonds is 3. The largest absolute Gasteiger partial charge is 0.508 e. The van der Waals surface area contributed by atoms with Crippen LogP contribution in [0.25, 0.3) is 0 Å². The lowest BCUT2D eigenvalue weighted by Crippen LogP contribution is -2.31. The maximum atomic E-state index is 12.6. The molecule has 1 amide bonds. The summed E-state index contributed by atoms with van der Waals surface area (Å²) in [5.74, 6) is 0.0498. The second kappa shape index (κ2) is 5.78. The van der Waals surface area contributed by atoms with Crippen LogP contribution in [0, 0.1) is 13.8 Å². The van der Waals surface area contributed by atoms with E-state index in [1.54, 1.807) is 17.0 Å². The van der Waals surface area contributed by atoms with Gasteiger partial charge in [0.15, 0.2) is 0 Å². The molecule has 0 saturated heterocycles. The fourth-order valence-corrected chi connectivity index (χ4v) is 2.19. The van der Waals surface area contributed by atoms with Crippen molar-refractivity contribution < 1.29 is 9.90 Å². The van der Waals surface area contributed by atoms with E-state index in [4.69, 9.17) is 0 Å². The smallest absolute Gasteiger partial charge is 0.258 e. The number of benzene rings is 2. The van der Waals surface area contributed by atoms with E-state index in [9.17, 15) is 9.90 Å². The Morgan fingerprint density at radius 1 is 1.10 bits per heavy atom. The minimum Gasteiger partial charge on any atom is -0.508 e. The van der Waals surface area contributed by atoms with Crippen molar-refractivity contribution >= 4 is 11.6 Å². The van der Waals surface area contributed by atoms with E-state index < -0.39 is 0 Å². The van der Waals surface area contributed by atoms with Gasteiger partial charge in [0.25, 0.3) is 5.91 Å². The van der Waals surface area contributed by atoms with E-state index in [0.717, 1.165) is 16.8 Å². The van der Waals surface area contributed by atoms with Gasteiger partial charge >= 0.3 is 0 Å². The first-order valence-electron chi connectivity index (χ1n) is 6.71. The average molecular weight is 269 g/mol. The molecule has 1 N–H and O–H groups in total. The van der Waals surface area contributed by atoms with Crippen LogP contribution in [0.1, 0.15) is 28.4 Å². The molecule has 2 rings (SSSR count). The van der Waals surface area contributed by atoms with Crippen molar-refractivity contribution in [1.29, 1.82) is 0 Å². The first kappa shape index (κ1) is 14.1. The number of aromatic hydroxyl groups is 1. The molecule has 0 aliphatic carbocycles. The van der Waals surface area contributed by atoms with Gasteiger partial charge in [-0.15, -0.1) is 0 Å². The third-order valence-electron chi connectivity index (χ3n) is 3.42. The normalized spacial score (nSPS) is 10.3. The Balaban J connectivity index is 2.39. The number of para-hydroxylation sites is 1. The lowest BCUT2D eigenvalue weighted by Gasteiger charge is -2.23. The fraction of sp³-hybridized carbons (Fsp3) is 0.235. The van der Waals surface area contributed by atoms with Crippen LogP contribution in [0.3, 0.4) is 0 Å². The number of nitrogens with zero attached hydrogens (tertiary/aromatic N) is 1. The highest BCUT2D eigenvalue weighted by atomic mass is 16.3. The molecule has 0 heterocycles. The van der Waals surface area contributed by atoms with E-state index in [1.807, 2.05) is 45.0 Å². The number of anilines is 1.